The van der Waals surface area contributed by atoms with Crippen LogP contribution in [-0.4, -0.2) is 23.1 Å². The van der Waals surface area contributed by atoms with Crippen molar-refractivity contribution in [2.75, 3.05) is 12.4 Å². The highest BCUT2D eigenvalue weighted by Gasteiger charge is 2.25. The molecule has 0 saturated carbocycles. The molecular weight excluding hydrogens is 524 g/mol. The number of benzene rings is 2. The first-order valence-corrected chi connectivity index (χ1v) is 11.4. The summed E-state index contributed by atoms with van der Waals surface area (Å²) in [6.07, 6.45) is 6.04. The number of aromatic nitrogens is 1. The van der Waals surface area contributed by atoms with Gasteiger partial charge in [0.1, 0.15) is 17.3 Å². The third kappa shape index (κ3) is 4.52. The number of nitrogens with one attached hydrogen (secondary N) is 1. The van der Waals surface area contributed by atoms with Crippen LogP contribution in [0, 0.1) is 0 Å². The van der Waals surface area contributed by atoms with Gasteiger partial charge >= 0.3 is 0 Å². The van der Waals surface area contributed by atoms with Gasteiger partial charge in [-0.05, 0) is 81.0 Å². The van der Waals surface area contributed by atoms with Crippen molar-refractivity contribution in [1.82, 2.24) is 4.98 Å². The normalized spacial score (nSPS) is 13.9. The first-order chi connectivity index (χ1) is 15.0. The quantitative estimate of drug-likeness (QED) is 0.281. The Morgan fingerprint density at radius 3 is 2.74 bits per heavy atom. The van der Waals surface area contributed by atoms with E-state index in [0.717, 1.165) is 46.0 Å². The predicted octanol–water partition coefficient (Wildman–Crippen LogP) is 6.35. The van der Waals surface area contributed by atoms with Crippen LogP contribution in [0.5, 0.6) is 11.5 Å². The van der Waals surface area contributed by atoms with E-state index in [4.69, 9.17) is 4.74 Å². The Kier molecular flexibility index (Phi) is 6.43. The summed E-state index contributed by atoms with van der Waals surface area (Å²) in [7, 11) is 1.62. The Labute approximate surface area is 197 Å². The summed E-state index contributed by atoms with van der Waals surface area (Å²) in [5.41, 5.74) is 4.13. The molecular formula is C24H20Br2N2O3. The number of carbonyl (C=O) groups is 1. The number of para-hydroxylation sites is 1. The third-order valence-electron chi connectivity index (χ3n) is 5.16. The summed E-state index contributed by atoms with van der Waals surface area (Å²) in [6.45, 7) is 0. The van der Waals surface area contributed by atoms with Crippen molar-refractivity contribution in [3.8, 4) is 22.6 Å². The number of nitrogens with zero attached hydrogens (tertiary/aromatic N) is 1. The summed E-state index contributed by atoms with van der Waals surface area (Å²) >= 11 is 6.88. The molecule has 2 heterocycles. The number of rotatable bonds is 6. The molecule has 1 aliphatic heterocycles. The molecule has 0 atom stereocenters. The van der Waals surface area contributed by atoms with Crippen LogP contribution in [0.4, 0.5) is 5.82 Å². The fraction of sp³-hybridized carbons (Fsp3) is 0.167. The fourth-order valence-corrected chi connectivity index (χ4v) is 4.51. The van der Waals surface area contributed by atoms with E-state index in [9.17, 15) is 9.90 Å². The van der Waals surface area contributed by atoms with E-state index in [1.54, 1.807) is 13.3 Å². The number of amides is 1. The molecule has 0 saturated heterocycles. The SMILES string of the molecule is COc1ccccc1-c1cc(CCC/C=C2\C(=O)Nc3ncc(Br)cc32)cc(Br)c1O. The lowest BCUT2D eigenvalue weighted by atomic mass is 9.98. The molecule has 2 aromatic carbocycles. The number of unbranched alkanes of at least 4 members (excludes halogenated alkanes) is 1. The Hall–Kier alpha value is -2.64. The molecule has 1 aliphatic rings. The van der Waals surface area contributed by atoms with Crippen molar-refractivity contribution in [2.24, 2.45) is 0 Å². The van der Waals surface area contributed by atoms with Gasteiger partial charge in [-0.25, -0.2) is 4.98 Å². The molecule has 0 unspecified atom stereocenters. The van der Waals surface area contributed by atoms with Gasteiger partial charge in [-0.2, -0.15) is 0 Å². The minimum atomic E-state index is -0.119. The third-order valence-corrected chi connectivity index (χ3v) is 6.20. The number of aromatic hydroxyl groups is 1. The molecule has 31 heavy (non-hydrogen) atoms. The lowest BCUT2D eigenvalue weighted by Gasteiger charge is -2.13. The zero-order valence-corrected chi connectivity index (χ0v) is 20.0. The van der Waals surface area contributed by atoms with Crippen molar-refractivity contribution in [3.63, 3.8) is 0 Å². The smallest absolute Gasteiger partial charge is 0.257 e. The van der Waals surface area contributed by atoms with Crippen LogP contribution >= 0.6 is 31.9 Å². The summed E-state index contributed by atoms with van der Waals surface area (Å²) in [6, 6.07) is 13.4. The minimum absolute atomic E-state index is 0.119. The second kappa shape index (κ2) is 9.24. The number of methoxy groups -OCH3 is 1. The number of aryl methyl sites for hydroxylation is 1. The van der Waals surface area contributed by atoms with E-state index >= 15 is 0 Å². The number of phenols is 1. The number of allylic oxidation sites excluding steroid dienone is 1. The van der Waals surface area contributed by atoms with E-state index < -0.39 is 0 Å². The number of phenolic OH excluding ortho intramolecular Hbond substituents is 1. The number of halogens is 2. The monoisotopic (exact) mass is 542 g/mol. The van der Waals surface area contributed by atoms with E-state index in [1.807, 2.05) is 48.5 Å². The fourth-order valence-electron chi connectivity index (χ4n) is 3.67. The maximum Gasteiger partial charge on any atom is 0.257 e. The van der Waals surface area contributed by atoms with Gasteiger partial charge in [0.15, 0.2) is 0 Å². The Morgan fingerprint density at radius 2 is 1.94 bits per heavy atom. The van der Waals surface area contributed by atoms with E-state index in [0.29, 0.717) is 21.6 Å². The molecule has 3 aromatic rings. The van der Waals surface area contributed by atoms with Crippen LogP contribution in [0.25, 0.3) is 16.7 Å². The molecule has 158 valence electrons. The average Bonchev–Trinajstić information content (AvgIpc) is 3.07. The number of hydrogen-bond acceptors (Lipinski definition) is 4. The minimum Gasteiger partial charge on any atom is -0.506 e. The van der Waals surface area contributed by atoms with Crippen molar-refractivity contribution in [1.29, 1.82) is 0 Å². The summed E-state index contributed by atoms with van der Waals surface area (Å²) in [5.74, 6) is 1.37. The van der Waals surface area contributed by atoms with Gasteiger partial charge in [-0.3, -0.25) is 4.79 Å². The molecule has 0 bridgehead atoms. The number of hydrogen-bond donors (Lipinski definition) is 2. The van der Waals surface area contributed by atoms with E-state index in [1.165, 1.54) is 0 Å². The van der Waals surface area contributed by atoms with Gasteiger partial charge < -0.3 is 15.2 Å². The van der Waals surface area contributed by atoms with Gasteiger partial charge in [-0.1, -0.05) is 24.3 Å². The summed E-state index contributed by atoms with van der Waals surface area (Å²) < 4.78 is 6.94. The lowest BCUT2D eigenvalue weighted by molar-refractivity contribution is -0.110. The van der Waals surface area contributed by atoms with Gasteiger partial charge in [0.05, 0.1) is 11.6 Å². The second-order valence-electron chi connectivity index (χ2n) is 7.19. The van der Waals surface area contributed by atoms with Crippen LogP contribution in [0.2, 0.25) is 0 Å². The highest BCUT2D eigenvalue weighted by atomic mass is 79.9. The summed E-state index contributed by atoms with van der Waals surface area (Å²) in [5, 5.41) is 13.4. The van der Waals surface area contributed by atoms with Crippen molar-refractivity contribution in [2.45, 2.75) is 19.3 Å². The highest BCUT2D eigenvalue weighted by molar-refractivity contribution is 9.10. The van der Waals surface area contributed by atoms with Crippen LogP contribution in [-0.2, 0) is 11.2 Å². The number of fused-ring (bicyclic) bond motifs is 1. The van der Waals surface area contributed by atoms with Gasteiger partial charge in [0.2, 0.25) is 0 Å². The molecule has 5 nitrogen and oxygen atoms in total. The van der Waals surface area contributed by atoms with Crippen LogP contribution < -0.4 is 10.1 Å². The molecule has 0 radical (unpaired) electrons. The first-order valence-electron chi connectivity index (χ1n) is 9.80. The number of pyridine rings is 1. The molecule has 1 amide bonds. The highest BCUT2D eigenvalue weighted by Crippen LogP contribution is 2.41. The maximum atomic E-state index is 12.3. The number of ether oxygens (including phenoxy) is 1. The molecule has 4 rings (SSSR count). The zero-order valence-electron chi connectivity index (χ0n) is 16.8. The Bertz CT molecular complexity index is 1190. The van der Waals surface area contributed by atoms with Crippen LogP contribution in [0.15, 0.2) is 63.7 Å². The van der Waals surface area contributed by atoms with Gasteiger partial charge in [-0.15, -0.1) is 0 Å². The van der Waals surface area contributed by atoms with E-state index in [-0.39, 0.29) is 11.7 Å². The molecule has 2 N–H and O–H groups in total. The molecule has 0 spiro atoms. The zero-order chi connectivity index (χ0) is 22.0. The molecule has 0 aliphatic carbocycles. The number of anilines is 1. The number of carbonyl (C=O) groups excluding carboxylic acids is 1. The molecule has 0 fully saturated rings. The first kappa shape index (κ1) is 21.6. The largest absolute Gasteiger partial charge is 0.506 e. The van der Waals surface area contributed by atoms with Crippen molar-refractivity contribution in [3.05, 3.63) is 74.8 Å². The van der Waals surface area contributed by atoms with Crippen molar-refractivity contribution >= 4 is 49.2 Å². The predicted molar refractivity (Wildman–Crippen MR) is 129 cm³/mol. The van der Waals surface area contributed by atoms with Gasteiger partial charge in [0.25, 0.3) is 5.91 Å². The average molecular weight is 544 g/mol. The Morgan fingerprint density at radius 1 is 1.13 bits per heavy atom. The summed E-state index contributed by atoms with van der Waals surface area (Å²) in [4.78, 5) is 16.5. The lowest BCUT2D eigenvalue weighted by Crippen LogP contribution is -2.04. The van der Waals surface area contributed by atoms with E-state index in [2.05, 4.69) is 42.2 Å². The Balaban J connectivity index is 1.51. The second-order valence-corrected chi connectivity index (χ2v) is 8.96. The standard InChI is InChI=1S/C24H20Br2N2O3/c1-31-21-9-5-4-7-16(21)18-10-14(11-20(26)22(18)29)6-2-3-8-17-19-12-15(25)13-27-23(19)28-24(17)30/h4-5,7-13,29H,2-3,6H2,1H3,(H,27,28,30)/b17-8-. The van der Waals surface area contributed by atoms with Crippen molar-refractivity contribution < 1.29 is 14.6 Å². The van der Waals surface area contributed by atoms with Crippen LogP contribution in [0.3, 0.4) is 0 Å². The van der Waals surface area contributed by atoms with Crippen LogP contribution in [0.1, 0.15) is 24.0 Å². The molecule has 7 heteroatoms. The van der Waals surface area contributed by atoms with Gasteiger partial charge in [0, 0.05) is 32.9 Å². The molecule has 1 aromatic heterocycles. The topological polar surface area (TPSA) is 71.5 Å². The maximum absolute atomic E-state index is 12.3.